The molecule has 0 radical (unpaired) electrons. The van der Waals surface area contributed by atoms with Gasteiger partial charge in [0.1, 0.15) is 18.1 Å². The molecule has 0 aliphatic rings. The second kappa shape index (κ2) is 9.27. The number of carbonyl (C=O) groups is 1. The Kier molecular flexibility index (Phi) is 6.54. The molecular formula is C20H21FN4O2S. The molecule has 0 saturated carbocycles. The Labute approximate surface area is 167 Å². The maximum atomic E-state index is 12.9. The summed E-state index contributed by atoms with van der Waals surface area (Å²) < 4.78 is 20.4. The SMILES string of the molecule is CCOc1ccc(-c2n[nH]c(=S)n2CC(=O)NCCc2ccc(F)cc2)cc1. The van der Waals surface area contributed by atoms with E-state index < -0.39 is 0 Å². The molecule has 6 nitrogen and oxygen atoms in total. The maximum Gasteiger partial charge on any atom is 0.240 e. The highest BCUT2D eigenvalue weighted by Crippen LogP contribution is 2.21. The lowest BCUT2D eigenvalue weighted by Gasteiger charge is -2.09. The fourth-order valence-electron chi connectivity index (χ4n) is 2.75. The number of nitrogens with zero attached hydrogens (tertiary/aromatic N) is 2. The molecule has 0 unspecified atom stereocenters. The predicted molar refractivity (Wildman–Crippen MR) is 107 cm³/mol. The second-order valence-corrected chi connectivity index (χ2v) is 6.51. The summed E-state index contributed by atoms with van der Waals surface area (Å²) in [7, 11) is 0. The van der Waals surface area contributed by atoms with Gasteiger partial charge in [-0.1, -0.05) is 12.1 Å². The van der Waals surface area contributed by atoms with Crippen LogP contribution in [0.15, 0.2) is 48.5 Å². The zero-order valence-corrected chi connectivity index (χ0v) is 16.3. The highest BCUT2D eigenvalue weighted by atomic mass is 32.1. The summed E-state index contributed by atoms with van der Waals surface area (Å²) in [6.45, 7) is 3.03. The van der Waals surface area contributed by atoms with Crippen LogP contribution >= 0.6 is 12.2 Å². The van der Waals surface area contributed by atoms with Crippen LogP contribution in [-0.4, -0.2) is 33.8 Å². The number of aromatic nitrogens is 3. The van der Waals surface area contributed by atoms with Crippen LogP contribution < -0.4 is 10.1 Å². The summed E-state index contributed by atoms with van der Waals surface area (Å²) in [5.74, 6) is 0.905. The molecule has 1 aromatic heterocycles. The average molecular weight is 400 g/mol. The number of halogens is 1. The van der Waals surface area contributed by atoms with E-state index in [0.29, 0.717) is 30.2 Å². The smallest absolute Gasteiger partial charge is 0.240 e. The number of hydrogen-bond donors (Lipinski definition) is 2. The first-order chi connectivity index (χ1) is 13.6. The number of carbonyl (C=O) groups excluding carboxylic acids is 1. The van der Waals surface area contributed by atoms with Crippen molar-refractivity contribution < 1.29 is 13.9 Å². The largest absolute Gasteiger partial charge is 0.494 e. The van der Waals surface area contributed by atoms with Crippen LogP contribution in [0, 0.1) is 10.6 Å². The number of rotatable bonds is 8. The number of ether oxygens (including phenoxy) is 1. The number of benzene rings is 2. The zero-order chi connectivity index (χ0) is 19.9. The Hall–Kier alpha value is -3.00. The monoisotopic (exact) mass is 400 g/mol. The molecular weight excluding hydrogens is 379 g/mol. The van der Waals surface area contributed by atoms with Crippen LogP contribution in [-0.2, 0) is 17.8 Å². The van der Waals surface area contributed by atoms with Crippen molar-refractivity contribution in [2.45, 2.75) is 19.9 Å². The van der Waals surface area contributed by atoms with Gasteiger partial charge < -0.3 is 10.1 Å². The first-order valence-corrected chi connectivity index (χ1v) is 9.37. The molecule has 0 atom stereocenters. The molecule has 28 heavy (non-hydrogen) atoms. The number of aromatic amines is 1. The minimum absolute atomic E-state index is 0.0568. The average Bonchev–Trinajstić information content (AvgIpc) is 3.05. The maximum absolute atomic E-state index is 12.9. The van der Waals surface area contributed by atoms with Gasteiger partial charge >= 0.3 is 0 Å². The van der Waals surface area contributed by atoms with Crippen molar-refractivity contribution in [3.63, 3.8) is 0 Å². The van der Waals surface area contributed by atoms with Gasteiger partial charge in [-0.15, -0.1) is 0 Å². The van der Waals surface area contributed by atoms with E-state index in [-0.39, 0.29) is 18.3 Å². The molecule has 1 amide bonds. The van der Waals surface area contributed by atoms with E-state index >= 15 is 0 Å². The number of amides is 1. The summed E-state index contributed by atoms with van der Waals surface area (Å²) in [4.78, 5) is 12.3. The summed E-state index contributed by atoms with van der Waals surface area (Å²) in [5, 5.41) is 9.83. The van der Waals surface area contributed by atoms with Gasteiger partial charge in [0.15, 0.2) is 10.6 Å². The molecule has 0 aliphatic heterocycles. The molecule has 0 spiro atoms. The first kappa shape index (κ1) is 19.8. The molecule has 146 valence electrons. The third-order valence-electron chi connectivity index (χ3n) is 4.13. The van der Waals surface area contributed by atoms with Crippen molar-refractivity contribution in [2.24, 2.45) is 0 Å². The molecule has 1 heterocycles. The Morgan fingerprint density at radius 3 is 2.61 bits per heavy atom. The van der Waals surface area contributed by atoms with Gasteiger partial charge in [0.05, 0.1) is 6.61 Å². The van der Waals surface area contributed by atoms with Gasteiger partial charge in [-0.25, -0.2) is 4.39 Å². The third kappa shape index (κ3) is 5.04. The first-order valence-electron chi connectivity index (χ1n) is 8.96. The van der Waals surface area contributed by atoms with Crippen LogP contribution in [0.25, 0.3) is 11.4 Å². The number of hydrogen-bond acceptors (Lipinski definition) is 4. The van der Waals surface area contributed by atoms with Crippen molar-refractivity contribution in [3.05, 3.63) is 64.7 Å². The molecule has 3 rings (SSSR count). The van der Waals surface area contributed by atoms with Crippen molar-refractivity contribution in [2.75, 3.05) is 13.2 Å². The van der Waals surface area contributed by atoms with Crippen molar-refractivity contribution >= 4 is 18.1 Å². The van der Waals surface area contributed by atoms with E-state index in [4.69, 9.17) is 17.0 Å². The molecule has 0 bridgehead atoms. The van der Waals surface area contributed by atoms with Crippen LogP contribution in [0.4, 0.5) is 4.39 Å². The van der Waals surface area contributed by atoms with Crippen molar-refractivity contribution in [3.8, 4) is 17.1 Å². The highest BCUT2D eigenvalue weighted by molar-refractivity contribution is 7.71. The Morgan fingerprint density at radius 2 is 1.93 bits per heavy atom. The second-order valence-electron chi connectivity index (χ2n) is 6.12. The Bertz CT molecular complexity index is 981. The van der Waals surface area contributed by atoms with Gasteiger partial charge in [0, 0.05) is 12.1 Å². The molecule has 0 fully saturated rings. The van der Waals surface area contributed by atoms with Gasteiger partial charge in [-0.2, -0.15) is 5.10 Å². The highest BCUT2D eigenvalue weighted by Gasteiger charge is 2.12. The number of nitrogens with one attached hydrogen (secondary N) is 2. The van der Waals surface area contributed by atoms with E-state index in [1.807, 2.05) is 31.2 Å². The quantitative estimate of drug-likeness (QED) is 0.568. The summed E-state index contributed by atoms with van der Waals surface area (Å²) in [6, 6.07) is 13.7. The van der Waals surface area contributed by atoms with E-state index in [1.165, 1.54) is 12.1 Å². The summed E-state index contributed by atoms with van der Waals surface area (Å²) in [5.41, 5.74) is 1.78. The normalized spacial score (nSPS) is 10.6. The van der Waals surface area contributed by atoms with E-state index in [0.717, 1.165) is 16.9 Å². The molecule has 0 saturated heterocycles. The molecule has 2 N–H and O–H groups in total. The predicted octanol–water partition coefficient (Wildman–Crippen LogP) is 3.50. The Balaban J connectivity index is 1.62. The minimum atomic E-state index is -0.274. The summed E-state index contributed by atoms with van der Waals surface area (Å²) >= 11 is 5.26. The lowest BCUT2D eigenvalue weighted by atomic mass is 10.1. The lowest BCUT2D eigenvalue weighted by molar-refractivity contribution is -0.121. The van der Waals surface area contributed by atoms with Crippen LogP contribution in [0.3, 0.4) is 0 Å². The van der Waals surface area contributed by atoms with Crippen LogP contribution in [0.1, 0.15) is 12.5 Å². The standard InChI is InChI=1S/C20H21FN4O2S/c1-2-27-17-9-5-15(6-10-17)19-23-24-20(28)25(19)13-18(26)22-12-11-14-3-7-16(21)8-4-14/h3-10H,2,11-13H2,1H3,(H,22,26)(H,24,28). The van der Waals surface area contributed by atoms with Crippen molar-refractivity contribution in [1.29, 1.82) is 0 Å². The van der Waals surface area contributed by atoms with Gasteiger partial charge in [0.25, 0.3) is 0 Å². The van der Waals surface area contributed by atoms with E-state index in [2.05, 4.69) is 15.5 Å². The zero-order valence-electron chi connectivity index (χ0n) is 15.4. The van der Waals surface area contributed by atoms with Gasteiger partial charge in [-0.05, 0) is 67.5 Å². The summed E-state index contributed by atoms with van der Waals surface area (Å²) in [6.07, 6.45) is 0.620. The van der Waals surface area contributed by atoms with Crippen LogP contribution in [0.2, 0.25) is 0 Å². The molecule has 8 heteroatoms. The molecule has 2 aromatic carbocycles. The van der Waals surface area contributed by atoms with Gasteiger partial charge in [0.2, 0.25) is 5.91 Å². The Morgan fingerprint density at radius 1 is 1.21 bits per heavy atom. The lowest BCUT2D eigenvalue weighted by Crippen LogP contribution is -2.29. The van der Waals surface area contributed by atoms with Crippen LogP contribution in [0.5, 0.6) is 5.75 Å². The van der Waals surface area contributed by atoms with Crippen molar-refractivity contribution in [1.82, 2.24) is 20.1 Å². The minimum Gasteiger partial charge on any atom is -0.494 e. The molecule has 0 aliphatic carbocycles. The third-order valence-corrected chi connectivity index (χ3v) is 4.44. The van der Waals surface area contributed by atoms with E-state index in [9.17, 15) is 9.18 Å². The molecule has 3 aromatic rings. The topological polar surface area (TPSA) is 71.9 Å². The van der Waals surface area contributed by atoms with Gasteiger partial charge in [-0.3, -0.25) is 14.5 Å². The van der Waals surface area contributed by atoms with E-state index in [1.54, 1.807) is 16.7 Å². The number of H-pyrrole nitrogens is 1. The fourth-order valence-corrected chi connectivity index (χ4v) is 2.95. The fraction of sp³-hybridized carbons (Fsp3) is 0.250.